The number of hydrogen-bond acceptors (Lipinski definition) is 5. The number of aromatic nitrogens is 5. The Kier molecular flexibility index (Phi) is 6.28. The molecular weight excluding hydrogens is 386 g/mol. The van der Waals surface area contributed by atoms with Crippen molar-refractivity contribution in [3.8, 4) is 11.4 Å². The fourth-order valence-electron chi connectivity index (χ4n) is 3.66. The van der Waals surface area contributed by atoms with Gasteiger partial charge in [0.1, 0.15) is 26.2 Å². The van der Waals surface area contributed by atoms with Gasteiger partial charge in [-0.3, -0.25) is 14.5 Å². The van der Waals surface area contributed by atoms with Crippen LogP contribution in [0.4, 0.5) is 5.82 Å². The van der Waals surface area contributed by atoms with Crippen LogP contribution >= 0.6 is 12.2 Å². The van der Waals surface area contributed by atoms with E-state index in [2.05, 4.69) is 31.6 Å². The number of aromatic amines is 1. The van der Waals surface area contributed by atoms with E-state index in [1.165, 1.54) is 10.7 Å². The fraction of sp³-hybridized carbons (Fsp3) is 0.400. The SMILES string of the molecule is COCCn1c(-c2ccncc2)nn(C[NH+]2CCN(c3cccc[nH+]3)CC2)c1=S. The molecule has 0 bridgehead atoms. The topological polar surface area (TPSA) is 66.7 Å². The van der Waals surface area contributed by atoms with Crippen molar-refractivity contribution in [3.05, 3.63) is 53.7 Å². The summed E-state index contributed by atoms with van der Waals surface area (Å²) >= 11 is 5.76. The zero-order chi connectivity index (χ0) is 20.1. The van der Waals surface area contributed by atoms with E-state index in [-0.39, 0.29) is 0 Å². The van der Waals surface area contributed by atoms with Crippen LogP contribution in [0.5, 0.6) is 0 Å². The number of rotatable bonds is 7. The van der Waals surface area contributed by atoms with E-state index >= 15 is 0 Å². The number of quaternary nitrogens is 1. The first kappa shape index (κ1) is 19.7. The molecule has 9 heteroatoms. The summed E-state index contributed by atoms with van der Waals surface area (Å²) in [6.45, 7) is 6.13. The molecule has 8 nitrogen and oxygen atoms in total. The Morgan fingerprint density at radius 1 is 1.17 bits per heavy atom. The molecule has 1 fully saturated rings. The summed E-state index contributed by atoms with van der Waals surface area (Å²) in [5, 5.41) is 4.86. The summed E-state index contributed by atoms with van der Waals surface area (Å²) in [5.41, 5.74) is 1.01. The third kappa shape index (κ3) is 4.52. The maximum atomic E-state index is 5.76. The van der Waals surface area contributed by atoms with E-state index in [9.17, 15) is 0 Å². The molecule has 29 heavy (non-hydrogen) atoms. The Labute approximate surface area is 175 Å². The van der Waals surface area contributed by atoms with Crippen LogP contribution in [0.2, 0.25) is 0 Å². The number of nitrogens with zero attached hydrogens (tertiary/aromatic N) is 5. The van der Waals surface area contributed by atoms with Gasteiger partial charge in [0, 0.05) is 31.1 Å². The quantitative estimate of drug-likeness (QED) is 0.565. The highest BCUT2D eigenvalue weighted by atomic mass is 32.1. The minimum Gasteiger partial charge on any atom is -0.383 e. The lowest BCUT2D eigenvalue weighted by atomic mass is 10.2. The Balaban J connectivity index is 1.49. The van der Waals surface area contributed by atoms with Crippen LogP contribution in [0.1, 0.15) is 0 Å². The number of hydrogen-bond donors (Lipinski definition) is 1. The second kappa shape index (κ2) is 9.25. The summed E-state index contributed by atoms with van der Waals surface area (Å²) in [5.74, 6) is 2.04. The molecule has 4 rings (SSSR count). The first-order valence-corrected chi connectivity index (χ1v) is 10.3. The second-order valence-electron chi connectivity index (χ2n) is 7.13. The molecule has 1 saturated heterocycles. The smallest absolute Gasteiger partial charge is 0.274 e. The van der Waals surface area contributed by atoms with E-state index in [0.717, 1.165) is 49.0 Å². The predicted molar refractivity (Wildman–Crippen MR) is 112 cm³/mol. The summed E-state index contributed by atoms with van der Waals surface area (Å²) < 4.78 is 10.0. The van der Waals surface area contributed by atoms with E-state index in [0.29, 0.717) is 13.2 Å². The van der Waals surface area contributed by atoms with Gasteiger partial charge in [0.05, 0.1) is 19.3 Å². The first-order chi connectivity index (χ1) is 14.3. The molecule has 152 valence electrons. The first-order valence-electron chi connectivity index (χ1n) is 9.88. The van der Waals surface area contributed by atoms with E-state index < -0.39 is 0 Å². The summed E-state index contributed by atoms with van der Waals surface area (Å²) in [6.07, 6.45) is 5.54. The molecular formula is C20H27N7OS+2. The largest absolute Gasteiger partial charge is 0.383 e. The van der Waals surface area contributed by atoms with Gasteiger partial charge in [0.2, 0.25) is 4.77 Å². The normalized spacial score (nSPS) is 15.0. The van der Waals surface area contributed by atoms with Gasteiger partial charge in [-0.05, 0) is 30.4 Å². The monoisotopic (exact) mass is 413 g/mol. The molecule has 0 spiro atoms. The van der Waals surface area contributed by atoms with Crippen molar-refractivity contribution in [3.63, 3.8) is 0 Å². The van der Waals surface area contributed by atoms with E-state index in [4.69, 9.17) is 22.1 Å². The molecule has 1 aliphatic heterocycles. The predicted octanol–water partition coefficient (Wildman–Crippen LogP) is 0.299. The van der Waals surface area contributed by atoms with Crippen molar-refractivity contribution in [2.45, 2.75) is 13.2 Å². The molecule has 3 aromatic rings. The van der Waals surface area contributed by atoms with Crippen LogP contribution in [-0.2, 0) is 18.0 Å². The molecule has 0 radical (unpaired) electrons. The fourth-order valence-corrected chi connectivity index (χ4v) is 3.94. The zero-order valence-corrected chi connectivity index (χ0v) is 17.4. The van der Waals surface area contributed by atoms with Crippen molar-refractivity contribution < 1.29 is 14.6 Å². The van der Waals surface area contributed by atoms with Gasteiger partial charge in [-0.2, -0.15) is 4.68 Å². The van der Waals surface area contributed by atoms with Crippen LogP contribution in [0, 0.1) is 4.77 Å². The number of piperazine rings is 1. The van der Waals surface area contributed by atoms with Crippen LogP contribution in [0.3, 0.4) is 0 Å². The number of anilines is 1. The lowest BCUT2D eigenvalue weighted by molar-refractivity contribution is -0.924. The molecule has 0 saturated carbocycles. The summed E-state index contributed by atoms with van der Waals surface area (Å²) in [7, 11) is 1.70. The number of pyridine rings is 2. The maximum Gasteiger partial charge on any atom is 0.274 e. The van der Waals surface area contributed by atoms with Crippen LogP contribution in [-0.4, -0.2) is 59.2 Å². The van der Waals surface area contributed by atoms with Gasteiger partial charge in [0.25, 0.3) is 5.82 Å². The molecule has 0 aliphatic carbocycles. The highest BCUT2D eigenvalue weighted by molar-refractivity contribution is 7.71. The average Bonchev–Trinajstić information content (AvgIpc) is 3.09. The number of methoxy groups -OCH3 is 1. The van der Waals surface area contributed by atoms with Gasteiger partial charge in [0.15, 0.2) is 12.5 Å². The zero-order valence-electron chi connectivity index (χ0n) is 16.6. The molecule has 4 heterocycles. The van der Waals surface area contributed by atoms with Crippen LogP contribution in [0.25, 0.3) is 11.4 Å². The minimum atomic E-state index is 0.594. The standard InChI is InChI=1S/C20H25N7OS/c1-28-15-14-26-19(17-5-8-21-9-6-17)23-27(20(26)29)16-24-10-12-25(13-11-24)18-4-2-3-7-22-18/h2-9H,10-16H2,1H3/p+2. The van der Waals surface area contributed by atoms with Gasteiger partial charge >= 0.3 is 0 Å². The molecule has 1 aliphatic rings. The van der Waals surface area contributed by atoms with Crippen LogP contribution in [0.15, 0.2) is 48.9 Å². The highest BCUT2D eigenvalue weighted by Crippen LogP contribution is 2.17. The summed E-state index contributed by atoms with van der Waals surface area (Å²) in [6, 6.07) is 10.1. The minimum absolute atomic E-state index is 0.594. The second-order valence-corrected chi connectivity index (χ2v) is 7.49. The van der Waals surface area contributed by atoms with Crippen molar-refractivity contribution in [2.24, 2.45) is 0 Å². The van der Waals surface area contributed by atoms with E-state index in [1.54, 1.807) is 19.5 Å². The number of ether oxygens (including phenoxy) is 1. The molecule has 0 amide bonds. The third-order valence-corrected chi connectivity index (χ3v) is 5.69. The highest BCUT2D eigenvalue weighted by Gasteiger charge is 2.26. The van der Waals surface area contributed by atoms with Crippen molar-refractivity contribution in [1.29, 1.82) is 0 Å². The van der Waals surface area contributed by atoms with Crippen molar-refractivity contribution in [2.75, 3.05) is 44.8 Å². The van der Waals surface area contributed by atoms with E-state index in [1.807, 2.05) is 29.1 Å². The number of H-pyrrole nitrogens is 1. The van der Waals surface area contributed by atoms with Crippen molar-refractivity contribution in [1.82, 2.24) is 19.3 Å². The lowest BCUT2D eigenvalue weighted by Gasteiger charge is -2.27. The molecule has 0 atom stereocenters. The van der Waals surface area contributed by atoms with Crippen LogP contribution < -0.4 is 14.8 Å². The van der Waals surface area contributed by atoms with Gasteiger partial charge < -0.3 is 9.64 Å². The Morgan fingerprint density at radius 2 is 1.97 bits per heavy atom. The maximum absolute atomic E-state index is 5.76. The number of nitrogens with one attached hydrogen (secondary N) is 2. The molecule has 0 unspecified atom stereocenters. The molecule has 3 aromatic heterocycles. The lowest BCUT2D eigenvalue weighted by Crippen LogP contribution is -3.14. The molecule has 2 N–H and O–H groups in total. The Hall–Kier alpha value is -2.62. The Bertz CT molecular complexity index is 965. The van der Waals surface area contributed by atoms with Crippen molar-refractivity contribution >= 4 is 18.0 Å². The van der Waals surface area contributed by atoms with Gasteiger partial charge in [-0.25, -0.2) is 4.98 Å². The van der Waals surface area contributed by atoms with Gasteiger partial charge in [-0.1, -0.05) is 6.07 Å². The third-order valence-electron chi connectivity index (χ3n) is 5.26. The summed E-state index contributed by atoms with van der Waals surface area (Å²) in [4.78, 5) is 11.3. The molecule has 0 aromatic carbocycles. The average molecular weight is 414 g/mol. The van der Waals surface area contributed by atoms with Gasteiger partial charge in [-0.15, -0.1) is 5.10 Å². The Morgan fingerprint density at radius 3 is 2.66 bits per heavy atom.